The third-order valence-electron chi connectivity index (χ3n) is 4.02. The molecule has 1 aromatic heterocycles. The van der Waals surface area contributed by atoms with E-state index in [-0.39, 0.29) is 17.1 Å². The van der Waals surface area contributed by atoms with E-state index in [1.165, 1.54) is 11.8 Å². The van der Waals surface area contributed by atoms with E-state index in [1.807, 2.05) is 12.1 Å². The van der Waals surface area contributed by atoms with Gasteiger partial charge in [0.2, 0.25) is 11.9 Å². The van der Waals surface area contributed by atoms with Crippen molar-refractivity contribution in [3.8, 4) is 11.3 Å². The van der Waals surface area contributed by atoms with Crippen LogP contribution in [-0.4, -0.2) is 48.2 Å². The summed E-state index contributed by atoms with van der Waals surface area (Å²) in [5, 5.41) is 8.87. The summed E-state index contributed by atoms with van der Waals surface area (Å²) in [4.78, 5) is 32.8. The van der Waals surface area contributed by atoms with Crippen molar-refractivity contribution < 1.29 is 9.59 Å². The molecule has 130 valence electrons. The van der Waals surface area contributed by atoms with Gasteiger partial charge in [0.25, 0.3) is 5.91 Å². The van der Waals surface area contributed by atoms with Gasteiger partial charge < -0.3 is 16.0 Å². The van der Waals surface area contributed by atoms with Gasteiger partial charge in [-0.05, 0) is 18.6 Å². The van der Waals surface area contributed by atoms with Crippen LogP contribution in [0.15, 0.2) is 29.3 Å². The molecule has 3 rings (SSSR count). The highest BCUT2D eigenvalue weighted by Gasteiger charge is 2.32. The average Bonchev–Trinajstić information content (AvgIpc) is 3.10. The SMILES string of the molecule is CNC(=O)c1ccc(-c2nc(NC)nc3c2CC(C(=O)NC)S3)cc1. The van der Waals surface area contributed by atoms with Crippen molar-refractivity contribution in [2.75, 3.05) is 26.5 Å². The second kappa shape index (κ2) is 7.10. The number of aromatic nitrogens is 2. The molecule has 7 nitrogen and oxygen atoms in total. The van der Waals surface area contributed by atoms with Crippen LogP contribution in [0.25, 0.3) is 11.3 Å². The van der Waals surface area contributed by atoms with Gasteiger partial charge in [0.05, 0.1) is 10.9 Å². The van der Waals surface area contributed by atoms with Crippen LogP contribution in [0.1, 0.15) is 15.9 Å². The molecule has 0 fully saturated rings. The van der Waals surface area contributed by atoms with Gasteiger partial charge in [0.15, 0.2) is 0 Å². The fourth-order valence-electron chi connectivity index (χ4n) is 2.69. The number of fused-ring (bicyclic) bond motifs is 1. The molecule has 1 atom stereocenters. The van der Waals surface area contributed by atoms with Gasteiger partial charge in [-0.15, -0.1) is 0 Å². The molecule has 3 N–H and O–H groups in total. The molecule has 0 spiro atoms. The summed E-state index contributed by atoms with van der Waals surface area (Å²) in [5.41, 5.74) is 3.23. The first-order valence-electron chi connectivity index (χ1n) is 7.86. The fourth-order valence-corrected chi connectivity index (χ4v) is 3.89. The number of nitrogens with one attached hydrogen (secondary N) is 3. The molecule has 1 aromatic carbocycles. The second-order valence-electron chi connectivity index (χ2n) is 5.51. The third-order valence-corrected chi connectivity index (χ3v) is 5.25. The molecule has 0 aliphatic carbocycles. The number of carbonyl (C=O) groups excluding carboxylic acids is 2. The van der Waals surface area contributed by atoms with Crippen molar-refractivity contribution in [1.82, 2.24) is 20.6 Å². The normalized spacial score (nSPS) is 15.4. The Morgan fingerprint density at radius 2 is 1.80 bits per heavy atom. The number of hydrogen-bond donors (Lipinski definition) is 3. The summed E-state index contributed by atoms with van der Waals surface area (Å²) >= 11 is 1.45. The molecule has 2 heterocycles. The van der Waals surface area contributed by atoms with Gasteiger partial charge in [-0.1, -0.05) is 23.9 Å². The van der Waals surface area contributed by atoms with Crippen molar-refractivity contribution in [2.45, 2.75) is 16.7 Å². The van der Waals surface area contributed by atoms with Crippen LogP contribution in [0.2, 0.25) is 0 Å². The van der Waals surface area contributed by atoms with Gasteiger partial charge in [-0.25, -0.2) is 9.97 Å². The predicted molar refractivity (Wildman–Crippen MR) is 97.8 cm³/mol. The molecule has 1 aliphatic rings. The topological polar surface area (TPSA) is 96.0 Å². The fraction of sp³-hybridized carbons (Fsp3) is 0.294. The number of rotatable bonds is 4. The Labute approximate surface area is 150 Å². The highest BCUT2D eigenvalue weighted by atomic mass is 32.2. The number of carbonyl (C=O) groups is 2. The van der Waals surface area contributed by atoms with Crippen molar-refractivity contribution in [2.24, 2.45) is 0 Å². The van der Waals surface area contributed by atoms with E-state index < -0.39 is 0 Å². The van der Waals surface area contributed by atoms with Crippen molar-refractivity contribution in [1.29, 1.82) is 0 Å². The summed E-state index contributed by atoms with van der Waals surface area (Å²) in [6, 6.07) is 7.26. The molecule has 1 unspecified atom stereocenters. The van der Waals surface area contributed by atoms with E-state index in [9.17, 15) is 9.59 Å². The van der Waals surface area contributed by atoms with Crippen LogP contribution in [0.4, 0.5) is 5.95 Å². The molecule has 8 heteroatoms. The third kappa shape index (κ3) is 3.30. The largest absolute Gasteiger partial charge is 0.358 e. The molecular formula is C17H19N5O2S. The Kier molecular flexibility index (Phi) is 4.89. The molecular weight excluding hydrogens is 338 g/mol. The maximum atomic E-state index is 12.0. The molecule has 0 radical (unpaired) electrons. The van der Waals surface area contributed by atoms with E-state index in [4.69, 9.17) is 0 Å². The number of benzene rings is 1. The minimum atomic E-state index is -0.203. The van der Waals surface area contributed by atoms with Crippen LogP contribution in [0, 0.1) is 0 Å². The van der Waals surface area contributed by atoms with Crippen molar-refractivity contribution >= 4 is 29.5 Å². The molecule has 25 heavy (non-hydrogen) atoms. The Balaban J connectivity index is 2.01. The molecule has 2 aromatic rings. The van der Waals surface area contributed by atoms with Gasteiger partial charge in [0.1, 0.15) is 5.03 Å². The second-order valence-corrected chi connectivity index (χ2v) is 6.70. The zero-order chi connectivity index (χ0) is 18.0. The maximum Gasteiger partial charge on any atom is 0.251 e. The molecule has 1 aliphatic heterocycles. The minimum absolute atomic E-state index is 0.0186. The van der Waals surface area contributed by atoms with Gasteiger partial charge in [-0.2, -0.15) is 0 Å². The smallest absolute Gasteiger partial charge is 0.251 e. The first-order valence-corrected chi connectivity index (χ1v) is 8.74. The summed E-state index contributed by atoms with van der Waals surface area (Å²) in [7, 11) is 4.99. The monoisotopic (exact) mass is 357 g/mol. The summed E-state index contributed by atoms with van der Waals surface area (Å²) in [5.74, 6) is 0.356. The number of thioether (sulfide) groups is 1. The summed E-state index contributed by atoms with van der Waals surface area (Å²) in [6.07, 6.45) is 0.580. The van der Waals surface area contributed by atoms with Crippen LogP contribution in [-0.2, 0) is 11.2 Å². The average molecular weight is 357 g/mol. The number of nitrogens with zero attached hydrogens (tertiary/aromatic N) is 2. The van der Waals surface area contributed by atoms with E-state index in [1.54, 1.807) is 33.3 Å². The lowest BCUT2D eigenvalue weighted by molar-refractivity contribution is -0.120. The number of anilines is 1. The Bertz CT molecular complexity index is 823. The number of hydrogen-bond acceptors (Lipinski definition) is 6. The molecule has 2 amide bonds. The van der Waals surface area contributed by atoms with Crippen LogP contribution >= 0.6 is 11.8 Å². The Hall–Kier alpha value is -2.61. The van der Waals surface area contributed by atoms with Crippen molar-refractivity contribution in [3.63, 3.8) is 0 Å². The van der Waals surface area contributed by atoms with E-state index >= 15 is 0 Å². The highest BCUT2D eigenvalue weighted by molar-refractivity contribution is 8.00. The summed E-state index contributed by atoms with van der Waals surface area (Å²) < 4.78 is 0. The van der Waals surface area contributed by atoms with Gasteiger partial charge in [-0.3, -0.25) is 9.59 Å². The predicted octanol–water partition coefficient (Wildman–Crippen LogP) is 1.31. The molecule has 0 saturated heterocycles. The lowest BCUT2D eigenvalue weighted by Crippen LogP contribution is -2.29. The maximum absolute atomic E-state index is 12.0. The quantitative estimate of drug-likeness (QED) is 0.714. The Morgan fingerprint density at radius 1 is 1.08 bits per heavy atom. The van der Waals surface area contributed by atoms with E-state index in [0.29, 0.717) is 17.9 Å². The van der Waals surface area contributed by atoms with Crippen LogP contribution < -0.4 is 16.0 Å². The Morgan fingerprint density at radius 3 is 2.40 bits per heavy atom. The zero-order valence-electron chi connectivity index (χ0n) is 14.2. The molecule has 0 saturated carbocycles. The lowest BCUT2D eigenvalue weighted by Gasteiger charge is -2.10. The molecule has 0 bridgehead atoms. The van der Waals surface area contributed by atoms with Crippen LogP contribution in [0.3, 0.4) is 0 Å². The van der Waals surface area contributed by atoms with Crippen molar-refractivity contribution in [3.05, 3.63) is 35.4 Å². The van der Waals surface area contributed by atoms with Gasteiger partial charge in [0, 0.05) is 37.8 Å². The zero-order valence-corrected chi connectivity index (χ0v) is 15.0. The highest BCUT2D eigenvalue weighted by Crippen LogP contribution is 2.40. The van der Waals surface area contributed by atoms with E-state index in [0.717, 1.165) is 21.8 Å². The minimum Gasteiger partial charge on any atom is -0.358 e. The number of amides is 2. The van der Waals surface area contributed by atoms with Gasteiger partial charge >= 0.3 is 0 Å². The lowest BCUT2D eigenvalue weighted by atomic mass is 10.0. The summed E-state index contributed by atoms with van der Waals surface area (Å²) in [6.45, 7) is 0. The van der Waals surface area contributed by atoms with Crippen LogP contribution in [0.5, 0.6) is 0 Å². The van der Waals surface area contributed by atoms with E-state index in [2.05, 4.69) is 25.9 Å². The standard InChI is InChI=1S/C17H19N5O2S/c1-18-14(23)10-6-4-9(5-7-10)13-11-8-12(15(24)19-2)25-16(11)22-17(20-3)21-13/h4-7,12H,8H2,1-3H3,(H,18,23)(H,19,24)(H,20,21,22). The first-order chi connectivity index (χ1) is 12.1. The first kappa shape index (κ1) is 17.2.